The number of imidazole rings is 1. The number of hydrogen-bond donors (Lipinski definition) is 4. The fourth-order valence-electron chi connectivity index (χ4n) is 2.42. The molecule has 1 saturated heterocycles. The number of aromatic nitrogens is 4. The molecule has 5 atom stereocenters. The number of hydrogen-bond acceptors (Lipinski definition) is 8. The molecule has 0 radical (unpaired) electrons. The van der Waals surface area contributed by atoms with Gasteiger partial charge in [-0.25, -0.2) is 9.37 Å². The third-order valence-corrected chi connectivity index (χ3v) is 3.81. The van der Waals surface area contributed by atoms with Gasteiger partial charge >= 0.3 is 8.25 Å². The third kappa shape index (κ3) is 2.71. The highest BCUT2D eigenvalue weighted by molar-refractivity contribution is 7.32. The number of nitrogens with two attached hydrogens (primary N) is 1. The quantitative estimate of drug-likeness (QED) is 0.505. The lowest BCUT2D eigenvalue weighted by Crippen LogP contribution is -2.32. The first kappa shape index (κ1) is 15.9. The number of aromatic amines is 1. The number of halogens is 1. The summed E-state index contributed by atoms with van der Waals surface area (Å²) < 4.78 is 36.3. The van der Waals surface area contributed by atoms with Crippen molar-refractivity contribution in [2.24, 2.45) is 0 Å². The van der Waals surface area contributed by atoms with Crippen LogP contribution in [-0.2, 0) is 13.8 Å². The molecule has 0 bridgehead atoms. The van der Waals surface area contributed by atoms with Crippen LogP contribution in [0.4, 0.5) is 10.3 Å². The van der Waals surface area contributed by atoms with E-state index in [-0.39, 0.29) is 17.1 Å². The van der Waals surface area contributed by atoms with Crippen molar-refractivity contribution < 1.29 is 28.2 Å². The number of aliphatic hydroxyl groups is 1. The number of H-pyrrole nitrogens is 1. The first-order valence-corrected chi connectivity index (χ1v) is 7.51. The van der Waals surface area contributed by atoms with E-state index in [2.05, 4.69) is 19.5 Å². The molecule has 23 heavy (non-hydrogen) atoms. The van der Waals surface area contributed by atoms with Crippen molar-refractivity contribution in [2.45, 2.75) is 24.6 Å². The van der Waals surface area contributed by atoms with Crippen LogP contribution in [-0.4, -0.2) is 54.5 Å². The molecule has 0 aromatic carbocycles. The SMILES string of the molecule is Nc1nc2c(ncn2[C@@H]2O[C@H](CO)C(O[P+](=O)O)[C@@H]2F)c(=O)[nH]1. The van der Waals surface area contributed by atoms with Gasteiger partial charge in [-0.3, -0.25) is 14.3 Å². The smallest absolute Gasteiger partial charge is 0.394 e. The van der Waals surface area contributed by atoms with Gasteiger partial charge in [0.15, 0.2) is 29.7 Å². The highest BCUT2D eigenvalue weighted by Crippen LogP contribution is 2.38. The second-order valence-electron chi connectivity index (χ2n) is 4.78. The Morgan fingerprint density at radius 2 is 2.35 bits per heavy atom. The van der Waals surface area contributed by atoms with Gasteiger partial charge < -0.3 is 15.6 Å². The molecule has 13 heteroatoms. The Balaban J connectivity index is 2.02. The van der Waals surface area contributed by atoms with E-state index in [1.807, 2.05) is 0 Å². The average Bonchev–Trinajstić information content (AvgIpc) is 3.01. The van der Waals surface area contributed by atoms with Crippen molar-refractivity contribution in [1.82, 2.24) is 19.5 Å². The molecule has 11 nitrogen and oxygen atoms in total. The molecule has 0 saturated carbocycles. The number of aliphatic hydroxyl groups excluding tert-OH is 1. The minimum Gasteiger partial charge on any atom is -0.394 e. The number of nitrogens with one attached hydrogen (secondary N) is 1. The number of anilines is 1. The minimum atomic E-state index is -3.09. The monoisotopic (exact) mass is 348 g/mol. The summed E-state index contributed by atoms with van der Waals surface area (Å²) in [7, 11) is -3.09. The van der Waals surface area contributed by atoms with E-state index in [0.717, 1.165) is 10.9 Å². The van der Waals surface area contributed by atoms with Crippen LogP contribution in [0.1, 0.15) is 6.23 Å². The second-order valence-corrected chi connectivity index (χ2v) is 5.46. The first-order chi connectivity index (χ1) is 10.9. The number of rotatable bonds is 4. The molecule has 1 aliphatic heterocycles. The van der Waals surface area contributed by atoms with Crippen LogP contribution in [0.15, 0.2) is 11.1 Å². The Labute approximate surface area is 127 Å². The second kappa shape index (κ2) is 5.91. The van der Waals surface area contributed by atoms with Gasteiger partial charge in [-0.1, -0.05) is 0 Å². The highest BCUT2D eigenvalue weighted by atomic mass is 31.1. The summed E-state index contributed by atoms with van der Waals surface area (Å²) in [4.78, 5) is 30.5. The van der Waals surface area contributed by atoms with Crippen LogP contribution in [0, 0.1) is 0 Å². The Hall–Kier alpha value is -1.98. The molecule has 3 heterocycles. The van der Waals surface area contributed by atoms with Gasteiger partial charge in [-0.05, 0) is 0 Å². The normalized spacial score (nSPS) is 28.4. The maximum absolute atomic E-state index is 14.5. The van der Waals surface area contributed by atoms with Crippen LogP contribution in [0.3, 0.4) is 0 Å². The number of nitrogens with zero attached hydrogens (tertiary/aromatic N) is 3. The molecule has 1 fully saturated rings. The molecule has 5 N–H and O–H groups in total. The van der Waals surface area contributed by atoms with Crippen LogP contribution >= 0.6 is 8.25 Å². The Bertz CT molecular complexity index is 811. The van der Waals surface area contributed by atoms with Crippen LogP contribution < -0.4 is 11.3 Å². The van der Waals surface area contributed by atoms with E-state index < -0.39 is 45.0 Å². The van der Waals surface area contributed by atoms with Crippen molar-refractivity contribution in [3.8, 4) is 0 Å². The number of nitrogen functional groups attached to an aromatic ring is 1. The summed E-state index contributed by atoms with van der Waals surface area (Å²) in [6, 6.07) is 0. The largest absolute Gasteiger partial charge is 0.695 e. The van der Waals surface area contributed by atoms with Crippen molar-refractivity contribution >= 4 is 25.4 Å². The van der Waals surface area contributed by atoms with E-state index in [0.29, 0.717) is 0 Å². The lowest BCUT2D eigenvalue weighted by molar-refractivity contribution is -0.0436. The maximum Gasteiger partial charge on any atom is 0.695 e. The lowest BCUT2D eigenvalue weighted by atomic mass is 10.1. The van der Waals surface area contributed by atoms with Gasteiger partial charge in [0.2, 0.25) is 5.95 Å². The zero-order valence-corrected chi connectivity index (χ0v) is 12.3. The van der Waals surface area contributed by atoms with Crippen LogP contribution in [0.25, 0.3) is 11.2 Å². The van der Waals surface area contributed by atoms with Crippen molar-refractivity contribution in [3.63, 3.8) is 0 Å². The summed E-state index contributed by atoms with van der Waals surface area (Å²) in [6.07, 6.45) is -4.77. The molecule has 2 aromatic rings. The number of ether oxygens (including phenoxy) is 1. The zero-order chi connectivity index (χ0) is 16.7. The summed E-state index contributed by atoms with van der Waals surface area (Å²) in [6.45, 7) is -0.631. The summed E-state index contributed by atoms with van der Waals surface area (Å²) in [5.41, 5.74) is 4.75. The van der Waals surface area contributed by atoms with Gasteiger partial charge in [0, 0.05) is 4.57 Å². The lowest BCUT2D eigenvalue weighted by Gasteiger charge is -2.14. The molecular formula is C10H12FN5O6P+. The molecule has 124 valence electrons. The maximum atomic E-state index is 14.5. The Kier molecular flexibility index (Phi) is 4.08. The van der Waals surface area contributed by atoms with Crippen LogP contribution in [0.2, 0.25) is 0 Å². The predicted octanol–water partition coefficient (Wildman–Crippen LogP) is -1.04. The van der Waals surface area contributed by atoms with Gasteiger partial charge in [-0.2, -0.15) is 4.98 Å². The molecule has 2 unspecified atom stereocenters. The fraction of sp³-hybridized carbons (Fsp3) is 0.500. The number of alkyl halides is 1. The highest BCUT2D eigenvalue weighted by Gasteiger charge is 2.51. The van der Waals surface area contributed by atoms with E-state index in [4.69, 9.17) is 15.4 Å². The van der Waals surface area contributed by atoms with Crippen molar-refractivity contribution in [3.05, 3.63) is 16.7 Å². The summed E-state index contributed by atoms with van der Waals surface area (Å²) in [5, 5.41) is 9.22. The summed E-state index contributed by atoms with van der Waals surface area (Å²) in [5.74, 6) is -0.192. The van der Waals surface area contributed by atoms with Gasteiger partial charge in [0.05, 0.1) is 12.9 Å². The summed E-state index contributed by atoms with van der Waals surface area (Å²) >= 11 is 0. The van der Waals surface area contributed by atoms with Crippen LogP contribution in [0.5, 0.6) is 0 Å². The molecule has 0 amide bonds. The van der Waals surface area contributed by atoms with E-state index >= 15 is 0 Å². The van der Waals surface area contributed by atoms with E-state index in [1.54, 1.807) is 0 Å². The fourth-order valence-corrected chi connectivity index (χ4v) is 2.88. The number of fused-ring (bicyclic) bond motifs is 1. The minimum absolute atomic E-state index is 0.0235. The van der Waals surface area contributed by atoms with Gasteiger partial charge in [0.1, 0.15) is 6.10 Å². The molecule has 1 aliphatic rings. The Morgan fingerprint density at radius 1 is 1.61 bits per heavy atom. The van der Waals surface area contributed by atoms with Gasteiger partial charge in [-0.15, -0.1) is 9.42 Å². The predicted molar refractivity (Wildman–Crippen MR) is 73.2 cm³/mol. The average molecular weight is 348 g/mol. The van der Waals surface area contributed by atoms with Crippen molar-refractivity contribution in [2.75, 3.05) is 12.3 Å². The van der Waals surface area contributed by atoms with E-state index in [9.17, 15) is 18.9 Å². The zero-order valence-electron chi connectivity index (χ0n) is 11.4. The first-order valence-electron chi connectivity index (χ1n) is 6.38. The molecule has 0 aliphatic carbocycles. The van der Waals surface area contributed by atoms with Gasteiger partial charge in [0.25, 0.3) is 5.56 Å². The topological polar surface area (TPSA) is 166 Å². The van der Waals surface area contributed by atoms with Crippen molar-refractivity contribution in [1.29, 1.82) is 0 Å². The molecule has 0 spiro atoms. The molecular weight excluding hydrogens is 336 g/mol. The Morgan fingerprint density at radius 3 is 3.00 bits per heavy atom. The standard InChI is InChI=1S/C10H11FN5O6P/c11-4-6(22-23(19)20)3(1-17)21-9(4)16-2-13-5-7(16)14-10(12)15-8(5)18/h2-4,6,9,17H,1H2,(H3-,12,14,15,18,19,20)/p+1/t3-,4+,6?,9-/m1/s1. The third-order valence-electron chi connectivity index (χ3n) is 3.38. The van der Waals surface area contributed by atoms with E-state index in [1.165, 1.54) is 0 Å². The molecule has 3 rings (SSSR count). The molecule has 2 aromatic heterocycles.